The summed E-state index contributed by atoms with van der Waals surface area (Å²) in [6, 6.07) is 3.81. The second-order valence-corrected chi connectivity index (χ2v) is 8.74. The highest BCUT2D eigenvalue weighted by Gasteiger charge is 2.40. The van der Waals surface area contributed by atoms with Crippen LogP contribution in [0.2, 0.25) is 0 Å². The second kappa shape index (κ2) is 8.39. The number of hydrogen-bond donors (Lipinski definition) is 0. The number of rotatable bonds is 8. The molecule has 1 aromatic heterocycles. The van der Waals surface area contributed by atoms with Gasteiger partial charge in [-0.05, 0) is 63.0 Å². The van der Waals surface area contributed by atoms with Gasteiger partial charge in [-0.25, -0.2) is 0 Å². The Morgan fingerprint density at radius 2 is 2.08 bits per heavy atom. The standard InChI is InChI=1S/C21H35NO3/c1-17(2)8-9-21(11-14-25-20(4,5)16-21)10-12-22(18(3)23)15-19-7-6-13-24-19/h6-7,13,17H,8-12,14-16H2,1-5H3. The highest BCUT2D eigenvalue weighted by Crippen LogP contribution is 2.45. The molecular formula is C21H35NO3. The van der Waals surface area contributed by atoms with Gasteiger partial charge in [0.05, 0.1) is 18.4 Å². The van der Waals surface area contributed by atoms with Crippen LogP contribution < -0.4 is 0 Å². The zero-order valence-corrected chi connectivity index (χ0v) is 16.6. The summed E-state index contributed by atoms with van der Waals surface area (Å²) in [7, 11) is 0. The minimum atomic E-state index is -0.0721. The van der Waals surface area contributed by atoms with Crippen molar-refractivity contribution in [2.45, 2.75) is 78.9 Å². The van der Waals surface area contributed by atoms with Gasteiger partial charge in [0, 0.05) is 20.1 Å². The number of hydrogen-bond acceptors (Lipinski definition) is 3. The van der Waals surface area contributed by atoms with E-state index in [9.17, 15) is 4.79 Å². The fraction of sp³-hybridized carbons (Fsp3) is 0.762. The van der Waals surface area contributed by atoms with Crippen LogP contribution in [-0.2, 0) is 16.1 Å². The summed E-state index contributed by atoms with van der Waals surface area (Å²) in [4.78, 5) is 14.0. The topological polar surface area (TPSA) is 42.7 Å². The van der Waals surface area contributed by atoms with Gasteiger partial charge in [-0.1, -0.05) is 20.3 Å². The van der Waals surface area contributed by atoms with E-state index >= 15 is 0 Å². The largest absolute Gasteiger partial charge is 0.467 e. The molecule has 4 nitrogen and oxygen atoms in total. The molecule has 1 aliphatic rings. The SMILES string of the molecule is CC(=O)N(CCC1(CCC(C)C)CCOC(C)(C)C1)Cc1ccco1. The van der Waals surface area contributed by atoms with E-state index in [0.717, 1.165) is 38.2 Å². The average molecular weight is 350 g/mol. The summed E-state index contributed by atoms with van der Waals surface area (Å²) < 4.78 is 11.4. The minimum absolute atomic E-state index is 0.0721. The van der Waals surface area contributed by atoms with Crippen molar-refractivity contribution in [3.05, 3.63) is 24.2 Å². The average Bonchev–Trinajstić information content (AvgIpc) is 3.01. The zero-order valence-electron chi connectivity index (χ0n) is 16.6. The van der Waals surface area contributed by atoms with Crippen molar-refractivity contribution in [2.75, 3.05) is 13.2 Å². The molecule has 0 radical (unpaired) electrons. The Morgan fingerprint density at radius 1 is 1.32 bits per heavy atom. The van der Waals surface area contributed by atoms with E-state index in [1.165, 1.54) is 12.8 Å². The van der Waals surface area contributed by atoms with Crippen molar-refractivity contribution in [3.8, 4) is 0 Å². The first-order chi connectivity index (χ1) is 11.7. The van der Waals surface area contributed by atoms with Crippen molar-refractivity contribution in [2.24, 2.45) is 11.3 Å². The predicted octanol–water partition coefficient (Wildman–Crippen LogP) is 5.03. The summed E-state index contributed by atoms with van der Waals surface area (Å²) in [5, 5.41) is 0. The number of furan rings is 1. The normalized spacial score (nSPS) is 23.0. The van der Waals surface area contributed by atoms with Gasteiger partial charge >= 0.3 is 0 Å². The third-order valence-electron chi connectivity index (χ3n) is 5.46. The number of nitrogens with zero attached hydrogens (tertiary/aromatic N) is 1. The predicted molar refractivity (Wildman–Crippen MR) is 100 cm³/mol. The van der Waals surface area contributed by atoms with Gasteiger partial charge in [-0.2, -0.15) is 0 Å². The number of carbonyl (C=O) groups excluding carboxylic acids is 1. The van der Waals surface area contributed by atoms with E-state index in [1.807, 2.05) is 17.0 Å². The Labute approximate surface area is 152 Å². The summed E-state index contributed by atoms with van der Waals surface area (Å²) in [6.07, 6.45) is 7.30. The van der Waals surface area contributed by atoms with Crippen molar-refractivity contribution in [1.29, 1.82) is 0 Å². The lowest BCUT2D eigenvalue weighted by molar-refractivity contribution is -0.132. The van der Waals surface area contributed by atoms with Crippen LogP contribution in [0.1, 0.15) is 72.5 Å². The second-order valence-electron chi connectivity index (χ2n) is 8.74. The lowest BCUT2D eigenvalue weighted by Crippen LogP contribution is -2.43. The molecule has 0 N–H and O–H groups in total. The molecule has 0 aromatic carbocycles. The lowest BCUT2D eigenvalue weighted by atomic mass is 9.68. The third-order valence-corrected chi connectivity index (χ3v) is 5.46. The first-order valence-corrected chi connectivity index (χ1v) is 9.63. The number of ether oxygens (including phenoxy) is 1. The van der Waals surface area contributed by atoms with Crippen molar-refractivity contribution in [3.63, 3.8) is 0 Å². The molecule has 2 heterocycles. The molecule has 1 saturated heterocycles. The summed E-state index contributed by atoms with van der Waals surface area (Å²) >= 11 is 0. The Kier molecular flexibility index (Phi) is 6.72. The van der Waals surface area contributed by atoms with E-state index in [0.29, 0.717) is 12.5 Å². The Bertz CT molecular complexity index is 535. The van der Waals surface area contributed by atoms with Gasteiger partial charge in [0.15, 0.2) is 0 Å². The molecule has 142 valence electrons. The molecule has 1 fully saturated rings. The fourth-order valence-corrected chi connectivity index (χ4v) is 4.04. The number of carbonyl (C=O) groups is 1. The van der Waals surface area contributed by atoms with E-state index in [1.54, 1.807) is 13.2 Å². The molecule has 0 saturated carbocycles. The van der Waals surface area contributed by atoms with Crippen LogP contribution in [0.3, 0.4) is 0 Å². The maximum atomic E-state index is 12.1. The Hall–Kier alpha value is -1.29. The molecule has 1 amide bonds. The van der Waals surface area contributed by atoms with Gasteiger partial charge in [-0.15, -0.1) is 0 Å². The minimum Gasteiger partial charge on any atom is -0.467 e. The van der Waals surface area contributed by atoms with Gasteiger partial charge < -0.3 is 14.1 Å². The molecule has 1 aromatic rings. The zero-order chi connectivity index (χ0) is 18.5. The van der Waals surface area contributed by atoms with Crippen LogP contribution >= 0.6 is 0 Å². The Balaban J connectivity index is 2.05. The summed E-state index contributed by atoms with van der Waals surface area (Å²) in [5.41, 5.74) is 0.195. The molecule has 0 aliphatic carbocycles. The number of amides is 1. The van der Waals surface area contributed by atoms with Crippen LogP contribution in [-0.4, -0.2) is 29.6 Å². The fourth-order valence-electron chi connectivity index (χ4n) is 4.04. The van der Waals surface area contributed by atoms with E-state index in [4.69, 9.17) is 9.15 Å². The molecule has 2 rings (SSSR count). The van der Waals surface area contributed by atoms with Crippen LogP contribution in [0.15, 0.2) is 22.8 Å². The van der Waals surface area contributed by atoms with Gasteiger partial charge in [0.25, 0.3) is 0 Å². The van der Waals surface area contributed by atoms with Gasteiger partial charge in [-0.3, -0.25) is 4.79 Å². The molecular weight excluding hydrogens is 314 g/mol. The Morgan fingerprint density at radius 3 is 2.64 bits per heavy atom. The third kappa shape index (κ3) is 6.18. The van der Waals surface area contributed by atoms with Crippen LogP contribution in [0, 0.1) is 11.3 Å². The van der Waals surface area contributed by atoms with Gasteiger partial charge in [0.2, 0.25) is 5.91 Å². The van der Waals surface area contributed by atoms with Crippen LogP contribution in [0.25, 0.3) is 0 Å². The lowest BCUT2D eigenvalue weighted by Gasteiger charge is -2.46. The highest BCUT2D eigenvalue weighted by molar-refractivity contribution is 5.73. The molecule has 1 unspecified atom stereocenters. The molecule has 0 spiro atoms. The quantitative estimate of drug-likeness (QED) is 0.661. The first kappa shape index (κ1) is 20.0. The van der Waals surface area contributed by atoms with Crippen LogP contribution in [0.5, 0.6) is 0 Å². The smallest absolute Gasteiger partial charge is 0.219 e. The highest BCUT2D eigenvalue weighted by atomic mass is 16.5. The monoisotopic (exact) mass is 349 g/mol. The van der Waals surface area contributed by atoms with Crippen molar-refractivity contribution in [1.82, 2.24) is 4.90 Å². The first-order valence-electron chi connectivity index (χ1n) is 9.63. The molecule has 1 aliphatic heterocycles. The van der Waals surface area contributed by atoms with Gasteiger partial charge in [0.1, 0.15) is 5.76 Å². The molecule has 0 bridgehead atoms. The maximum absolute atomic E-state index is 12.1. The molecule has 1 atom stereocenters. The van der Waals surface area contributed by atoms with Crippen molar-refractivity contribution >= 4 is 5.91 Å². The molecule has 25 heavy (non-hydrogen) atoms. The van der Waals surface area contributed by atoms with Crippen molar-refractivity contribution < 1.29 is 13.9 Å². The summed E-state index contributed by atoms with van der Waals surface area (Å²) in [5.74, 6) is 1.66. The van der Waals surface area contributed by atoms with Crippen LogP contribution in [0.4, 0.5) is 0 Å². The van der Waals surface area contributed by atoms with E-state index in [-0.39, 0.29) is 16.9 Å². The molecule has 4 heteroatoms. The maximum Gasteiger partial charge on any atom is 0.219 e. The summed E-state index contributed by atoms with van der Waals surface area (Å²) in [6.45, 7) is 12.8. The van der Waals surface area contributed by atoms with E-state index in [2.05, 4.69) is 27.7 Å². The van der Waals surface area contributed by atoms with E-state index < -0.39 is 0 Å².